The molecule has 156 valence electrons. The number of nitrogens with zero attached hydrogens (tertiary/aromatic N) is 3. The molecular formula is C21H21N3O5S. The fourth-order valence-corrected chi connectivity index (χ4v) is 4.34. The van der Waals surface area contributed by atoms with Crippen molar-refractivity contribution in [2.45, 2.75) is 6.10 Å². The van der Waals surface area contributed by atoms with Crippen molar-refractivity contribution in [3.05, 3.63) is 36.4 Å². The van der Waals surface area contributed by atoms with Gasteiger partial charge < -0.3 is 23.8 Å². The number of benzene rings is 2. The Morgan fingerprint density at radius 2 is 1.83 bits per heavy atom. The van der Waals surface area contributed by atoms with E-state index in [-0.39, 0.29) is 19.3 Å². The molecule has 1 atom stereocenters. The highest BCUT2D eigenvalue weighted by Gasteiger charge is 2.33. The fourth-order valence-electron chi connectivity index (χ4n) is 3.34. The van der Waals surface area contributed by atoms with Crippen molar-refractivity contribution in [2.24, 2.45) is 0 Å². The van der Waals surface area contributed by atoms with Crippen LogP contribution in [0.15, 0.2) is 36.4 Å². The molecule has 5 rings (SSSR count). The summed E-state index contributed by atoms with van der Waals surface area (Å²) in [5.74, 6) is 2.42. The number of likely N-dealkylation sites (N-methyl/N-ethyl adjacent to an activating group) is 1. The third-order valence-electron chi connectivity index (χ3n) is 4.92. The monoisotopic (exact) mass is 427 g/mol. The van der Waals surface area contributed by atoms with Crippen LogP contribution in [0, 0.1) is 0 Å². The second-order valence-corrected chi connectivity index (χ2v) is 8.34. The molecule has 2 aliphatic heterocycles. The average molecular weight is 427 g/mol. The van der Waals surface area contributed by atoms with E-state index < -0.39 is 6.10 Å². The van der Waals surface area contributed by atoms with Gasteiger partial charge in [0, 0.05) is 25.2 Å². The Labute approximate surface area is 177 Å². The Morgan fingerprint density at radius 1 is 1.07 bits per heavy atom. The van der Waals surface area contributed by atoms with Crippen LogP contribution < -0.4 is 23.8 Å². The maximum atomic E-state index is 13.4. The summed E-state index contributed by atoms with van der Waals surface area (Å²) in [7, 11) is 3.94. The van der Waals surface area contributed by atoms with E-state index >= 15 is 0 Å². The number of thiazole rings is 1. The van der Waals surface area contributed by atoms with Crippen LogP contribution in [0.2, 0.25) is 0 Å². The summed E-state index contributed by atoms with van der Waals surface area (Å²) in [6.45, 7) is 1.55. The lowest BCUT2D eigenvalue weighted by atomic mass is 10.2. The number of aromatic nitrogens is 1. The molecule has 0 aliphatic carbocycles. The third kappa shape index (κ3) is 3.50. The summed E-state index contributed by atoms with van der Waals surface area (Å²) < 4.78 is 23.5. The van der Waals surface area contributed by atoms with Gasteiger partial charge >= 0.3 is 0 Å². The molecule has 0 fully saturated rings. The predicted molar refractivity (Wildman–Crippen MR) is 113 cm³/mol. The maximum Gasteiger partial charge on any atom is 0.273 e. The Kier molecular flexibility index (Phi) is 4.84. The molecule has 9 heteroatoms. The lowest BCUT2D eigenvalue weighted by Crippen LogP contribution is -2.48. The van der Waals surface area contributed by atoms with Gasteiger partial charge in [-0.2, -0.15) is 0 Å². The molecule has 0 unspecified atom stereocenters. The Morgan fingerprint density at radius 3 is 2.63 bits per heavy atom. The summed E-state index contributed by atoms with van der Waals surface area (Å²) in [5, 5.41) is 0.614. The smallest absolute Gasteiger partial charge is 0.273 e. The first-order valence-corrected chi connectivity index (χ1v) is 10.4. The van der Waals surface area contributed by atoms with Crippen LogP contribution in [0.1, 0.15) is 0 Å². The Hall–Kier alpha value is -3.04. The van der Waals surface area contributed by atoms with E-state index in [0.29, 0.717) is 41.2 Å². The molecule has 0 spiro atoms. The first kappa shape index (κ1) is 19.0. The van der Waals surface area contributed by atoms with Crippen LogP contribution in [0.25, 0.3) is 10.2 Å². The van der Waals surface area contributed by atoms with Gasteiger partial charge in [-0.1, -0.05) is 23.5 Å². The lowest BCUT2D eigenvalue weighted by Gasteiger charge is -2.30. The summed E-state index contributed by atoms with van der Waals surface area (Å²) in [6.07, 6.45) is -0.731. The molecule has 0 saturated heterocycles. The number of amides is 1. The normalized spacial score (nSPS) is 16.8. The van der Waals surface area contributed by atoms with Crippen molar-refractivity contribution in [2.75, 3.05) is 45.5 Å². The van der Waals surface area contributed by atoms with Crippen molar-refractivity contribution in [3.63, 3.8) is 0 Å². The van der Waals surface area contributed by atoms with Crippen LogP contribution in [0.5, 0.6) is 23.0 Å². The highest BCUT2D eigenvalue weighted by Crippen LogP contribution is 2.40. The number of hydrogen-bond acceptors (Lipinski definition) is 8. The zero-order chi connectivity index (χ0) is 20.7. The molecule has 30 heavy (non-hydrogen) atoms. The van der Waals surface area contributed by atoms with Gasteiger partial charge in [-0.15, -0.1) is 0 Å². The quantitative estimate of drug-likeness (QED) is 0.620. The fraction of sp³-hybridized carbons (Fsp3) is 0.333. The lowest BCUT2D eigenvalue weighted by molar-refractivity contribution is -0.127. The first-order valence-electron chi connectivity index (χ1n) is 9.63. The second-order valence-electron chi connectivity index (χ2n) is 7.33. The van der Waals surface area contributed by atoms with Crippen molar-refractivity contribution >= 4 is 32.6 Å². The van der Waals surface area contributed by atoms with E-state index in [9.17, 15) is 4.79 Å². The molecule has 1 aromatic heterocycles. The summed E-state index contributed by atoms with van der Waals surface area (Å²) in [4.78, 5) is 21.8. The third-order valence-corrected chi connectivity index (χ3v) is 5.96. The van der Waals surface area contributed by atoms with Crippen molar-refractivity contribution in [3.8, 4) is 23.0 Å². The summed E-state index contributed by atoms with van der Waals surface area (Å²) in [5.41, 5.74) is 0.771. The van der Waals surface area contributed by atoms with E-state index in [4.69, 9.17) is 23.9 Å². The largest absolute Gasteiger partial charge is 0.485 e. The molecule has 1 amide bonds. The molecule has 0 radical (unpaired) electrons. The van der Waals surface area contributed by atoms with E-state index in [1.54, 1.807) is 11.0 Å². The van der Waals surface area contributed by atoms with Gasteiger partial charge in [-0.3, -0.25) is 9.69 Å². The van der Waals surface area contributed by atoms with Gasteiger partial charge in [-0.25, -0.2) is 4.98 Å². The molecule has 3 aromatic rings. The highest BCUT2D eigenvalue weighted by atomic mass is 32.1. The van der Waals surface area contributed by atoms with Gasteiger partial charge in [0.05, 0.1) is 10.2 Å². The topological polar surface area (TPSA) is 73.4 Å². The van der Waals surface area contributed by atoms with E-state index in [1.165, 1.54) is 11.3 Å². The zero-order valence-electron chi connectivity index (χ0n) is 16.7. The van der Waals surface area contributed by atoms with Crippen LogP contribution in [0.3, 0.4) is 0 Å². The summed E-state index contributed by atoms with van der Waals surface area (Å²) in [6, 6.07) is 11.1. The van der Waals surface area contributed by atoms with Gasteiger partial charge in [-0.05, 0) is 26.2 Å². The number of anilines is 1. The summed E-state index contributed by atoms with van der Waals surface area (Å²) >= 11 is 1.44. The number of carbonyl (C=O) groups excluding carboxylic acids is 1. The van der Waals surface area contributed by atoms with E-state index in [0.717, 1.165) is 10.2 Å². The van der Waals surface area contributed by atoms with Crippen LogP contribution in [0.4, 0.5) is 5.13 Å². The van der Waals surface area contributed by atoms with Gasteiger partial charge in [0.25, 0.3) is 5.91 Å². The molecule has 8 nitrogen and oxygen atoms in total. The molecule has 2 aromatic carbocycles. The molecule has 0 saturated carbocycles. The minimum Gasteiger partial charge on any atom is -0.485 e. The average Bonchev–Trinajstić information content (AvgIpc) is 3.37. The van der Waals surface area contributed by atoms with Crippen LogP contribution in [-0.4, -0.2) is 62.5 Å². The van der Waals surface area contributed by atoms with Crippen molar-refractivity contribution in [1.82, 2.24) is 9.88 Å². The predicted octanol–water partition coefficient (Wildman–Crippen LogP) is 2.76. The number of carbonyl (C=O) groups is 1. The number of rotatable bonds is 5. The minimum atomic E-state index is -0.731. The number of fused-ring (bicyclic) bond motifs is 3. The van der Waals surface area contributed by atoms with Crippen molar-refractivity contribution in [1.29, 1.82) is 0 Å². The van der Waals surface area contributed by atoms with E-state index in [2.05, 4.69) is 0 Å². The van der Waals surface area contributed by atoms with Gasteiger partial charge in [0.1, 0.15) is 6.61 Å². The van der Waals surface area contributed by atoms with Crippen LogP contribution in [-0.2, 0) is 4.79 Å². The van der Waals surface area contributed by atoms with Gasteiger partial charge in [0.15, 0.2) is 28.1 Å². The standard InChI is InChI=1S/C21H21N3O5S/c1-23(2)7-8-24(20(25)18-11-26-14-5-3-4-6-15(14)29-18)21-22-13-9-16-17(28-12-27-16)10-19(13)30-21/h3-6,9-10,18H,7-8,11-12H2,1-2H3/t18-/m1/s1. The number of para-hydroxylation sites is 2. The minimum absolute atomic E-state index is 0.162. The maximum absolute atomic E-state index is 13.4. The zero-order valence-corrected chi connectivity index (χ0v) is 17.5. The van der Waals surface area contributed by atoms with Gasteiger partial charge in [0.2, 0.25) is 12.9 Å². The molecular weight excluding hydrogens is 406 g/mol. The van der Waals surface area contributed by atoms with Crippen molar-refractivity contribution < 1.29 is 23.7 Å². The number of hydrogen-bond donors (Lipinski definition) is 0. The number of ether oxygens (including phenoxy) is 4. The Bertz CT molecular complexity index is 1060. The van der Waals surface area contributed by atoms with Crippen LogP contribution >= 0.6 is 11.3 Å². The molecule has 2 aliphatic rings. The Balaban J connectivity index is 1.45. The second kappa shape index (κ2) is 7.66. The molecule has 3 heterocycles. The SMILES string of the molecule is CN(C)CCN(C(=O)[C@H]1COc2ccccc2O1)c1nc2cc3c(cc2s1)OCO3. The van der Waals surface area contributed by atoms with E-state index in [1.807, 2.05) is 49.3 Å². The molecule has 0 N–H and O–H groups in total. The molecule has 0 bridgehead atoms. The highest BCUT2D eigenvalue weighted by molar-refractivity contribution is 7.22. The first-order chi connectivity index (χ1) is 14.6.